The van der Waals surface area contributed by atoms with E-state index < -0.39 is 0 Å². The molecule has 0 radical (unpaired) electrons. The summed E-state index contributed by atoms with van der Waals surface area (Å²) in [7, 11) is 1.53. The first-order chi connectivity index (χ1) is 12.3. The normalized spacial score (nSPS) is 18.9. The molecular formula is C19H20N2O4. The van der Waals surface area contributed by atoms with E-state index in [1.807, 2.05) is 23.1 Å². The Morgan fingerprint density at radius 3 is 2.92 bits per heavy atom. The van der Waals surface area contributed by atoms with Crippen LogP contribution in [0.25, 0.3) is 0 Å². The molecule has 1 atom stereocenters. The Balaban J connectivity index is 1.63. The van der Waals surface area contributed by atoms with Gasteiger partial charge in [-0.05, 0) is 42.7 Å². The first-order valence-electron chi connectivity index (χ1n) is 8.47. The maximum absolute atomic E-state index is 13.0. The second-order valence-corrected chi connectivity index (χ2v) is 6.12. The van der Waals surface area contributed by atoms with Crippen LogP contribution in [0.5, 0.6) is 17.4 Å². The molecule has 25 heavy (non-hydrogen) atoms. The quantitative estimate of drug-likeness (QED) is 0.860. The van der Waals surface area contributed by atoms with E-state index in [2.05, 4.69) is 4.98 Å². The summed E-state index contributed by atoms with van der Waals surface area (Å²) in [6.07, 6.45) is 3.51. The standard InChI is InChI=1S/C19H20N2O4/c1-23-18-14(4-2-8-20-18)19(22)21-9-3-5-15(21)13-6-7-16-17(12-13)25-11-10-24-16/h2,4,6-8,12,15H,3,5,9-11H2,1H3. The molecule has 1 unspecified atom stereocenters. The van der Waals surface area contributed by atoms with Gasteiger partial charge in [-0.3, -0.25) is 4.79 Å². The number of fused-ring (bicyclic) bond motifs is 1. The van der Waals surface area contributed by atoms with Crippen molar-refractivity contribution >= 4 is 5.91 Å². The van der Waals surface area contributed by atoms with Gasteiger partial charge < -0.3 is 19.1 Å². The molecule has 1 aromatic carbocycles. The summed E-state index contributed by atoms with van der Waals surface area (Å²) in [6, 6.07) is 9.47. The summed E-state index contributed by atoms with van der Waals surface area (Å²) >= 11 is 0. The first-order valence-corrected chi connectivity index (χ1v) is 8.47. The minimum atomic E-state index is -0.0534. The highest BCUT2D eigenvalue weighted by atomic mass is 16.6. The Kier molecular flexibility index (Phi) is 4.17. The molecule has 0 bridgehead atoms. The number of hydrogen-bond donors (Lipinski definition) is 0. The molecule has 0 aliphatic carbocycles. The number of amides is 1. The lowest BCUT2D eigenvalue weighted by Crippen LogP contribution is -2.31. The second kappa shape index (κ2) is 6.63. The van der Waals surface area contributed by atoms with Crippen molar-refractivity contribution in [3.63, 3.8) is 0 Å². The lowest BCUT2D eigenvalue weighted by atomic mass is 10.0. The van der Waals surface area contributed by atoms with Gasteiger partial charge in [-0.2, -0.15) is 0 Å². The SMILES string of the molecule is COc1ncccc1C(=O)N1CCCC1c1ccc2c(c1)OCCO2. The van der Waals surface area contributed by atoms with Gasteiger partial charge in [0.05, 0.1) is 13.2 Å². The van der Waals surface area contributed by atoms with Crippen LogP contribution in [0.2, 0.25) is 0 Å². The van der Waals surface area contributed by atoms with E-state index in [4.69, 9.17) is 14.2 Å². The monoisotopic (exact) mass is 340 g/mol. The average Bonchev–Trinajstić information content (AvgIpc) is 3.16. The van der Waals surface area contributed by atoms with Gasteiger partial charge in [-0.15, -0.1) is 0 Å². The molecule has 1 fully saturated rings. The van der Waals surface area contributed by atoms with E-state index in [9.17, 15) is 4.79 Å². The zero-order valence-electron chi connectivity index (χ0n) is 14.1. The molecule has 1 aromatic heterocycles. The molecule has 2 aromatic rings. The van der Waals surface area contributed by atoms with Crippen LogP contribution < -0.4 is 14.2 Å². The van der Waals surface area contributed by atoms with Crippen LogP contribution in [-0.2, 0) is 0 Å². The molecule has 1 amide bonds. The van der Waals surface area contributed by atoms with Crippen molar-refractivity contribution in [3.05, 3.63) is 47.7 Å². The number of pyridine rings is 1. The Labute approximate surface area is 146 Å². The molecule has 4 rings (SSSR count). The molecule has 1 saturated heterocycles. The number of hydrogen-bond acceptors (Lipinski definition) is 5. The minimum Gasteiger partial charge on any atom is -0.486 e. The van der Waals surface area contributed by atoms with Crippen LogP contribution in [0.1, 0.15) is 34.8 Å². The lowest BCUT2D eigenvalue weighted by molar-refractivity contribution is 0.0731. The van der Waals surface area contributed by atoms with Crippen molar-refractivity contribution in [2.75, 3.05) is 26.9 Å². The first kappa shape index (κ1) is 15.7. The van der Waals surface area contributed by atoms with E-state index >= 15 is 0 Å². The summed E-state index contributed by atoms with van der Waals surface area (Å²) in [5.41, 5.74) is 1.56. The summed E-state index contributed by atoms with van der Waals surface area (Å²) in [6.45, 7) is 1.84. The maximum Gasteiger partial charge on any atom is 0.259 e. The Bertz CT molecular complexity index is 793. The zero-order chi connectivity index (χ0) is 17.2. The van der Waals surface area contributed by atoms with Crippen LogP contribution in [0.3, 0.4) is 0 Å². The number of methoxy groups -OCH3 is 1. The lowest BCUT2D eigenvalue weighted by Gasteiger charge is -2.27. The number of likely N-dealkylation sites (tertiary alicyclic amines) is 1. The predicted molar refractivity (Wildman–Crippen MR) is 91.2 cm³/mol. The van der Waals surface area contributed by atoms with Crippen LogP contribution in [0.15, 0.2) is 36.5 Å². The molecule has 3 heterocycles. The molecule has 0 saturated carbocycles. The van der Waals surface area contributed by atoms with E-state index in [0.29, 0.717) is 24.7 Å². The van der Waals surface area contributed by atoms with Gasteiger partial charge in [0.25, 0.3) is 5.91 Å². The van der Waals surface area contributed by atoms with Crippen molar-refractivity contribution in [1.29, 1.82) is 0 Å². The van der Waals surface area contributed by atoms with Gasteiger partial charge in [0.1, 0.15) is 18.8 Å². The van der Waals surface area contributed by atoms with Crippen molar-refractivity contribution in [1.82, 2.24) is 9.88 Å². The highest BCUT2D eigenvalue weighted by Crippen LogP contribution is 2.39. The smallest absolute Gasteiger partial charge is 0.259 e. The highest BCUT2D eigenvalue weighted by Gasteiger charge is 2.32. The van der Waals surface area contributed by atoms with Crippen molar-refractivity contribution in [2.24, 2.45) is 0 Å². The molecule has 6 nitrogen and oxygen atoms in total. The maximum atomic E-state index is 13.0. The zero-order valence-corrected chi connectivity index (χ0v) is 14.1. The second-order valence-electron chi connectivity index (χ2n) is 6.12. The molecular weight excluding hydrogens is 320 g/mol. The fourth-order valence-electron chi connectivity index (χ4n) is 3.49. The molecule has 6 heteroatoms. The number of carbonyl (C=O) groups is 1. The van der Waals surface area contributed by atoms with Crippen LogP contribution >= 0.6 is 0 Å². The van der Waals surface area contributed by atoms with Gasteiger partial charge in [-0.1, -0.05) is 6.07 Å². The average molecular weight is 340 g/mol. The van der Waals surface area contributed by atoms with Crippen LogP contribution in [0.4, 0.5) is 0 Å². The van der Waals surface area contributed by atoms with Gasteiger partial charge >= 0.3 is 0 Å². The summed E-state index contributed by atoms with van der Waals surface area (Å²) in [5, 5.41) is 0. The van der Waals surface area contributed by atoms with Crippen LogP contribution in [-0.4, -0.2) is 42.7 Å². The molecule has 2 aliphatic rings. The van der Waals surface area contributed by atoms with Crippen molar-refractivity contribution in [3.8, 4) is 17.4 Å². The number of rotatable bonds is 3. The van der Waals surface area contributed by atoms with E-state index in [1.54, 1.807) is 18.3 Å². The third-order valence-corrected chi connectivity index (χ3v) is 4.66. The van der Waals surface area contributed by atoms with Crippen molar-refractivity contribution < 1.29 is 19.0 Å². The number of ether oxygens (including phenoxy) is 3. The number of aromatic nitrogens is 1. The van der Waals surface area contributed by atoms with Gasteiger partial charge in [0.15, 0.2) is 11.5 Å². The molecule has 130 valence electrons. The molecule has 0 spiro atoms. The Morgan fingerprint density at radius 2 is 2.08 bits per heavy atom. The van der Waals surface area contributed by atoms with Gasteiger partial charge in [0.2, 0.25) is 5.88 Å². The van der Waals surface area contributed by atoms with E-state index in [0.717, 1.165) is 36.4 Å². The fraction of sp³-hybridized carbons (Fsp3) is 0.368. The minimum absolute atomic E-state index is 0.0215. The number of benzene rings is 1. The molecule has 2 aliphatic heterocycles. The van der Waals surface area contributed by atoms with Crippen LogP contribution in [0, 0.1) is 0 Å². The topological polar surface area (TPSA) is 60.9 Å². The van der Waals surface area contributed by atoms with E-state index in [1.165, 1.54) is 7.11 Å². The summed E-state index contributed by atoms with van der Waals surface area (Å²) in [5.74, 6) is 1.82. The molecule has 0 N–H and O–H groups in total. The Hall–Kier alpha value is -2.76. The van der Waals surface area contributed by atoms with Crippen molar-refractivity contribution in [2.45, 2.75) is 18.9 Å². The van der Waals surface area contributed by atoms with Gasteiger partial charge in [-0.25, -0.2) is 4.98 Å². The van der Waals surface area contributed by atoms with Gasteiger partial charge in [0, 0.05) is 12.7 Å². The number of nitrogens with zero attached hydrogens (tertiary/aromatic N) is 2. The highest BCUT2D eigenvalue weighted by molar-refractivity contribution is 5.96. The summed E-state index contributed by atoms with van der Waals surface area (Å²) < 4.78 is 16.5. The van der Waals surface area contributed by atoms with E-state index in [-0.39, 0.29) is 11.9 Å². The largest absolute Gasteiger partial charge is 0.486 e. The summed E-state index contributed by atoms with van der Waals surface area (Å²) in [4.78, 5) is 19.1. The predicted octanol–water partition coefficient (Wildman–Crippen LogP) is 2.84. The third-order valence-electron chi connectivity index (χ3n) is 4.66. The fourth-order valence-corrected chi connectivity index (χ4v) is 3.49. The third kappa shape index (κ3) is 2.88. The number of carbonyl (C=O) groups excluding carboxylic acids is 1. The Morgan fingerprint density at radius 1 is 1.24 bits per heavy atom.